The number of hydrogen-bond donors (Lipinski definition) is 2. The van der Waals surface area contributed by atoms with Gasteiger partial charge in [-0.05, 0) is 36.2 Å². The number of pyridine rings is 1. The number of hydrogen-bond acceptors (Lipinski definition) is 4. The summed E-state index contributed by atoms with van der Waals surface area (Å²) in [6, 6.07) is 12.6. The standard InChI is InChI=1S/C15H15N3O/c1-15(19,9-12-5-3-7-18-14(12)17)13-6-2-4-11(8-13)10-16/h2-8,19H,9H2,1H3,(H2,17,18). The third-order valence-electron chi connectivity index (χ3n) is 3.07. The molecular weight excluding hydrogens is 238 g/mol. The van der Waals surface area contributed by atoms with Gasteiger partial charge in [-0.25, -0.2) is 4.98 Å². The number of aliphatic hydroxyl groups is 1. The van der Waals surface area contributed by atoms with E-state index in [4.69, 9.17) is 11.0 Å². The molecule has 0 spiro atoms. The van der Waals surface area contributed by atoms with Crippen molar-refractivity contribution in [1.82, 2.24) is 4.98 Å². The molecule has 0 aliphatic rings. The van der Waals surface area contributed by atoms with Crippen LogP contribution in [0.5, 0.6) is 0 Å². The van der Waals surface area contributed by atoms with Gasteiger partial charge in [0, 0.05) is 12.6 Å². The normalized spacial score (nSPS) is 13.5. The maximum atomic E-state index is 10.6. The van der Waals surface area contributed by atoms with Crippen molar-refractivity contribution < 1.29 is 5.11 Å². The lowest BCUT2D eigenvalue weighted by Crippen LogP contribution is -2.25. The molecule has 0 aliphatic heterocycles. The van der Waals surface area contributed by atoms with Crippen LogP contribution >= 0.6 is 0 Å². The van der Waals surface area contributed by atoms with Crippen LogP contribution in [0.25, 0.3) is 0 Å². The molecule has 2 aromatic rings. The number of nitrogen functional groups attached to an aromatic ring is 1. The predicted molar refractivity (Wildman–Crippen MR) is 73.1 cm³/mol. The van der Waals surface area contributed by atoms with Gasteiger partial charge in [0.15, 0.2) is 0 Å². The minimum absolute atomic E-state index is 0.349. The Bertz CT molecular complexity index is 629. The lowest BCUT2D eigenvalue weighted by Gasteiger charge is -2.24. The van der Waals surface area contributed by atoms with Crippen molar-refractivity contribution in [2.75, 3.05) is 5.73 Å². The van der Waals surface area contributed by atoms with Crippen LogP contribution in [-0.2, 0) is 12.0 Å². The van der Waals surface area contributed by atoms with Gasteiger partial charge in [0.05, 0.1) is 17.2 Å². The van der Waals surface area contributed by atoms with Crippen LogP contribution in [0.4, 0.5) is 5.82 Å². The number of aromatic nitrogens is 1. The Balaban J connectivity index is 2.32. The second-order valence-electron chi connectivity index (χ2n) is 4.69. The molecule has 1 atom stereocenters. The van der Waals surface area contributed by atoms with Crippen molar-refractivity contribution >= 4 is 5.82 Å². The van der Waals surface area contributed by atoms with Crippen molar-refractivity contribution in [3.8, 4) is 6.07 Å². The summed E-state index contributed by atoms with van der Waals surface area (Å²) in [6.45, 7) is 1.70. The van der Waals surface area contributed by atoms with Gasteiger partial charge in [0.2, 0.25) is 0 Å². The first-order valence-electron chi connectivity index (χ1n) is 5.95. The second kappa shape index (κ2) is 5.09. The maximum Gasteiger partial charge on any atom is 0.126 e. The highest BCUT2D eigenvalue weighted by atomic mass is 16.3. The van der Waals surface area contributed by atoms with Crippen LogP contribution in [0, 0.1) is 11.3 Å². The summed E-state index contributed by atoms with van der Waals surface area (Å²) in [6.07, 6.45) is 1.96. The Morgan fingerprint density at radius 2 is 2.16 bits per heavy atom. The fourth-order valence-corrected chi connectivity index (χ4v) is 2.00. The zero-order valence-electron chi connectivity index (χ0n) is 10.7. The van der Waals surface area contributed by atoms with Crippen LogP contribution in [0.3, 0.4) is 0 Å². The van der Waals surface area contributed by atoms with Gasteiger partial charge < -0.3 is 10.8 Å². The predicted octanol–water partition coefficient (Wildman–Crippen LogP) is 1.99. The van der Waals surface area contributed by atoms with Crippen molar-refractivity contribution in [3.63, 3.8) is 0 Å². The van der Waals surface area contributed by atoms with Gasteiger partial charge >= 0.3 is 0 Å². The van der Waals surface area contributed by atoms with Gasteiger partial charge in [-0.2, -0.15) is 5.26 Å². The van der Waals surface area contributed by atoms with Crippen LogP contribution in [0.2, 0.25) is 0 Å². The Morgan fingerprint density at radius 1 is 1.37 bits per heavy atom. The van der Waals surface area contributed by atoms with Gasteiger partial charge in [-0.3, -0.25) is 0 Å². The van der Waals surface area contributed by atoms with Crippen molar-refractivity contribution in [2.45, 2.75) is 18.9 Å². The molecule has 1 aromatic carbocycles. The molecule has 96 valence electrons. The quantitative estimate of drug-likeness (QED) is 0.876. The number of nitrogens with zero attached hydrogens (tertiary/aromatic N) is 2. The SMILES string of the molecule is CC(O)(Cc1cccnc1N)c1cccc(C#N)c1. The van der Waals surface area contributed by atoms with E-state index in [1.165, 1.54) is 0 Å². The minimum atomic E-state index is -1.09. The average Bonchev–Trinajstić information content (AvgIpc) is 2.41. The van der Waals surface area contributed by atoms with Crippen molar-refractivity contribution in [2.24, 2.45) is 0 Å². The molecule has 1 heterocycles. The fourth-order valence-electron chi connectivity index (χ4n) is 2.00. The van der Waals surface area contributed by atoms with E-state index in [0.717, 1.165) is 5.56 Å². The zero-order chi connectivity index (χ0) is 13.9. The molecule has 3 N–H and O–H groups in total. The molecule has 0 bridgehead atoms. The summed E-state index contributed by atoms with van der Waals surface area (Å²) < 4.78 is 0. The molecule has 0 saturated carbocycles. The van der Waals surface area contributed by atoms with E-state index < -0.39 is 5.60 Å². The molecule has 19 heavy (non-hydrogen) atoms. The van der Waals surface area contributed by atoms with Gasteiger partial charge in [0.25, 0.3) is 0 Å². The lowest BCUT2D eigenvalue weighted by atomic mass is 9.88. The highest BCUT2D eigenvalue weighted by Gasteiger charge is 2.25. The third-order valence-corrected chi connectivity index (χ3v) is 3.07. The maximum absolute atomic E-state index is 10.6. The monoisotopic (exact) mass is 253 g/mol. The molecule has 1 aromatic heterocycles. The molecule has 0 saturated heterocycles. The summed E-state index contributed by atoms with van der Waals surface area (Å²) in [5.41, 5.74) is 6.70. The molecule has 0 radical (unpaired) electrons. The Labute approximate surface area is 112 Å². The van der Waals surface area contributed by atoms with Gasteiger partial charge in [0.1, 0.15) is 5.82 Å². The van der Waals surface area contributed by atoms with E-state index in [0.29, 0.717) is 23.4 Å². The van der Waals surface area contributed by atoms with Crippen LogP contribution < -0.4 is 5.73 Å². The molecule has 4 heteroatoms. The van der Waals surface area contributed by atoms with E-state index in [1.54, 1.807) is 43.5 Å². The van der Waals surface area contributed by atoms with E-state index in [9.17, 15) is 5.11 Å². The second-order valence-corrected chi connectivity index (χ2v) is 4.69. The smallest absolute Gasteiger partial charge is 0.126 e. The van der Waals surface area contributed by atoms with Crippen LogP contribution in [0.1, 0.15) is 23.6 Å². The molecule has 2 rings (SSSR count). The van der Waals surface area contributed by atoms with Crippen molar-refractivity contribution in [1.29, 1.82) is 5.26 Å². The minimum Gasteiger partial charge on any atom is -0.385 e. The van der Waals surface area contributed by atoms with E-state index >= 15 is 0 Å². The van der Waals surface area contributed by atoms with E-state index in [2.05, 4.69) is 11.1 Å². The third kappa shape index (κ3) is 2.90. The number of nitrogens with two attached hydrogens (primary N) is 1. The summed E-state index contributed by atoms with van der Waals surface area (Å²) in [5, 5.41) is 19.5. The molecule has 0 amide bonds. The first-order chi connectivity index (χ1) is 9.03. The highest BCUT2D eigenvalue weighted by Crippen LogP contribution is 2.27. The average molecular weight is 253 g/mol. The number of anilines is 1. The number of rotatable bonds is 3. The highest BCUT2D eigenvalue weighted by molar-refractivity contribution is 5.41. The van der Waals surface area contributed by atoms with Gasteiger partial charge in [-0.15, -0.1) is 0 Å². The number of nitriles is 1. The van der Waals surface area contributed by atoms with Crippen molar-refractivity contribution in [3.05, 3.63) is 59.3 Å². The Kier molecular flexibility index (Phi) is 3.50. The molecule has 0 fully saturated rings. The summed E-state index contributed by atoms with van der Waals surface area (Å²) in [5.74, 6) is 0.416. The topological polar surface area (TPSA) is 82.9 Å². The molecular formula is C15H15N3O. The number of benzene rings is 1. The Hall–Kier alpha value is -2.38. The molecule has 4 nitrogen and oxygen atoms in total. The summed E-state index contributed by atoms with van der Waals surface area (Å²) >= 11 is 0. The zero-order valence-corrected chi connectivity index (χ0v) is 10.7. The van der Waals surface area contributed by atoms with E-state index in [1.807, 2.05) is 6.07 Å². The van der Waals surface area contributed by atoms with Crippen LogP contribution in [0.15, 0.2) is 42.6 Å². The largest absolute Gasteiger partial charge is 0.385 e. The first kappa shape index (κ1) is 13.1. The first-order valence-corrected chi connectivity index (χ1v) is 5.95. The van der Waals surface area contributed by atoms with Crippen LogP contribution in [-0.4, -0.2) is 10.1 Å². The summed E-state index contributed by atoms with van der Waals surface area (Å²) in [7, 11) is 0. The molecule has 0 aliphatic carbocycles. The van der Waals surface area contributed by atoms with E-state index in [-0.39, 0.29) is 0 Å². The lowest BCUT2D eigenvalue weighted by molar-refractivity contribution is 0.0577. The summed E-state index contributed by atoms with van der Waals surface area (Å²) in [4.78, 5) is 4.01. The fraction of sp³-hybridized carbons (Fsp3) is 0.200. The van der Waals surface area contributed by atoms with Gasteiger partial charge in [-0.1, -0.05) is 18.2 Å². The Morgan fingerprint density at radius 3 is 2.84 bits per heavy atom. The molecule has 1 unspecified atom stereocenters.